The summed E-state index contributed by atoms with van der Waals surface area (Å²) in [5, 5.41) is 4.70. The summed E-state index contributed by atoms with van der Waals surface area (Å²) in [6, 6.07) is 15.9. The van der Waals surface area contributed by atoms with E-state index in [9.17, 15) is 4.39 Å². The van der Waals surface area contributed by atoms with E-state index < -0.39 is 0 Å². The van der Waals surface area contributed by atoms with Gasteiger partial charge >= 0.3 is 0 Å². The van der Waals surface area contributed by atoms with Gasteiger partial charge in [-0.05, 0) is 66.8 Å². The van der Waals surface area contributed by atoms with Crippen molar-refractivity contribution in [2.75, 3.05) is 30.4 Å². The highest BCUT2D eigenvalue weighted by Gasteiger charge is 2.15. The van der Waals surface area contributed by atoms with E-state index in [1.165, 1.54) is 31.4 Å². The maximum absolute atomic E-state index is 13.1. The molecule has 0 radical (unpaired) electrons. The van der Waals surface area contributed by atoms with Crippen LogP contribution in [0, 0.1) is 5.82 Å². The molecule has 1 saturated heterocycles. The van der Waals surface area contributed by atoms with Crippen molar-refractivity contribution < 1.29 is 13.9 Å². The van der Waals surface area contributed by atoms with Crippen molar-refractivity contribution in [2.24, 2.45) is 0 Å². The molecule has 3 aromatic carbocycles. The second kappa shape index (κ2) is 11.0. The Bertz CT molecular complexity index is 1090. The lowest BCUT2D eigenvalue weighted by atomic mass is 10.1. The third-order valence-corrected chi connectivity index (χ3v) is 6.42. The Labute approximate surface area is 204 Å². The van der Waals surface area contributed by atoms with E-state index in [0.29, 0.717) is 23.1 Å². The van der Waals surface area contributed by atoms with E-state index >= 15 is 0 Å². The van der Waals surface area contributed by atoms with Gasteiger partial charge in [0.15, 0.2) is 11.5 Å². The van der Waals surface area contributed by atoms with Gasteiger partial charge in [0.2, 0.25) is 0 Å². The first-order chi connectivity index (χ1) is 16.0. The van der Waals surface area contributed by atoms with Crippen LogP contribution in [0.2, 0.25) is 10.0 Å². The van der Waals surface area contributed by atoms with Crippen LogP contribution in [0.1, 0.15) is 30.4 Å². The fourth-order valence-corrected chi connectivity index (χ4v) is 4.45. The molecule has 4 rings (SSSR count). The molecule has 1 aliphatic heterocycles. The average Bonchev–Trinajstić information content (AvgIpc) is 2.83. The monoisotopic (exact) mass is 488 g/mol. The molecular formula is C26H27Cl2FN2O2. The molecule has 1 fully saturated rings. The highest BCUT2D eigenvalue weighted by molar-refractivity contribution is 6.33. The first-order valence-corrected chi connectivity index (χ1v) is 11.8. The summed E-state index contributed by atoms with van der Waals surface area (Å²) >= 11 is 13.1. The van der Waals surface area contributed by atoms with Crippen LogP contribution in [0.25, 0.3) is 0 Å². The average molecular weight is 489 g/mol. The van der Waals surface area contributed by atoms with Gasteiger partial charge in [-0.3, -0.25) is 0 Å². The predicted molar refractivity (Wildman–Crippen MR) is 134 cm³/mol. The van der Waals surface area contributed by atoms with Crippen LogP contribution in [-0.2, 0) is 13.2 Å². The number of nitrogens with one attached hydrogen (secondary N) is 1. The van der Waals surface area contributed by atoms with Gasteiger partial charge in [0.1, 0.15) is 12.4 Å². The van der Waals surface area contributed by atoms with E-state index in [1.807, 2.05) is 18.2 Å². The van der Waals surface area contributed by atoms with Crippen molar-refractivity contribution in [1.82, 2.24) is 0 Å². The normalized spacial score (nSPS) is 13.6. The second-order valence-corrected chi connectivity index (χ2v) is 8.89. The van der Waals surface area contributed by atoms with Gasteiger partial charge in [-0.1, -0.05) is 35.3 Å². The van der Waals surface area contributed by atoms with Crippen LogP contribution >= 0.6 is 23.2 Å². The number of benzene rings is 3. The number of hydrogen-bond acceptors (Lipinski definition) is 4. The van der Waals surface area contributed by atoms with Crippen LogP contribution in [-0.4, -0.2) is 20.2 Å². The van der Waals surface area contributed by atoms with Crippen molar-refractivity contribution >= 4 is 34.6 Å². The Kier molecular flexibility index (Phi) is 7.84. The van der Waals surface area contributed by atoms with Crippen LogP contribution in [0.4, 0.5) is 15.8 Å². The number of hydrogen-bond donors (Lipinski definition) is 1. The summed E-state index contributed by atoms with van der Waals surface area (Å²) in [7, 11) is 1.59. The Morgan fingerprint density at radius 1 is 0.909 bits per heavy atom. The van der Waals surface area contributed by atoms with Gasteiger partial charge < -0.3 is 19.7 Å². The van der Waals surface area contributed by atoms with Gasteiger partial charge in [-0.2, -0.15) is 0 Å². The molecule has 4 nitrogen and oxygen atoms in total. The van der Waals surface area contributed by atoms with Gasteiger partial charge in [-0.15, -0.1) is 0 Å². The van der Waals surface area contributed by atoms with Crippen LogP contribution < -0.4 is 19.7 Å². The van der Waals surface area contributed by atoms with E-state index in [1.54, 1.807) is 25.3 Å². The molecule has 3 aromatic rings. The number of nitrogens with zero attached hydrogens (tertiary/aromatic N) is 1. The van der Waals surface area contributed by atoms with Crippen molar-refractivity contribution in [2.45, 2.75) is 32.4 Å². The van der Waals surface area contributed by atoms with E-state index in [2.05, 4.69) is 16.3 Å². The van der Waals surface area contributed by atoms with Gasteiger partial charge in [0.05, 0.1) is 17.8 Å². The number of methoxy groups -OCH3 is 1. The number of halogens is 3. The summed E-state index contributed by atoms with van der Waals surface area (Å²) < 4.78 is 24.5. The smallest absolute Gasteiger partial charge is 0.163 e. The minimum absolute atomic E-state index is 0.279. The zero-order valence-electron chi connectivity index (χ0n) is 18.5. The molecule has 0 unspecified atom stereocenters. The zero-order valence-corrected chi connectivity index (χ0v) is 20.1. The molecule has 174 valence electrons. The predicted octanol–water partition coefficient (Wildman–Crippen LogP) is 7.32. The summed E-state index contributed by atoms with van der Waals surface area (Å²) in [6.07, 6.45) is 3.70. The molecule has 7 heteroatoms. The Morgan fingerprint density at radius 3 is 2.36 bits per heavy atom. The molecule has 0 saturated carbocycles. The molecule has 0 spiro atoms. The molecule has 0 aromatic heterocycles. The van der Waals surface area contributed by atoms with Gasteiger partial charge in [0, 0.05) is 36.4 Å². The lowest BCUT2D eigenvalue weighted by Gasteiger charge is -2.29. The quantitative estimate of drug-likeness (QED) is 0.360. The SMILES string of the molecule is COc1cc(CNc2ccc(N3CCCCC3)c(Cl)c2)c(Cl)cc1OCc1ccc(F)cc1. The first kappa shape index (κ1) is 23.5. The first-order valence-electron chi connectivity index (χ1n) is 11.1. The maximum atomic E-state index is 13.1. The Morgan fingerprint density at radius 2 is 1.67 bits per heavy atom. The van der Waals surface area contributed by atoms with E-state index in [0.717, 1.165) is 40.6 Å². The lowest BCUT2D eigenvalue weighted by molar-refractivity contribution is 0.284. The summed E-state index contributed by atoms with van der Waals surface area (Å²) in [6.45, 7) is 2.90. The Balaban J connectivity index is 1.41. The van der Waals surface area contributed by atoms with Crippen LogP contribution in [0.5, 0.6) is 11.5 Å². The fraction of sp³-hybridized carbons (Fsp3) is 0.308. The molecule has 0 aliphatic carbocycles. The summed E-state index contributed by atoms with van der Waals surface area (Å²) in [4.78, 5) is 2.35. The third-order valence-electron chi connectivity index (χ3n) is 5.77. The number of ether oxygens (including phenoxy) is 2. The number of piperidine rings is 1. The number of anilines is 2. The largest absolute Gasteiger partial charge is 0.493 e. The minimum atomic E-state index is -0.279. The summed E-state index contributed by atoms with van der Waals surface area (Å²) in [5.41, 5.74) is 3.74. The second-order valence-electron chi connectivity index (χ2n) is 8.08. The van der Waals surface area contributed by atoms with Crippen molar-refractivity contribution in [3.63, 3.8) is 0 Å². The molecule has 0 bridgehead atoms. The molecule has 1 aliphatic rings. The fourth-order valence-electron chi connectivity index (χ4n) is 3.93. The Hall–Kier alpha value is -2.63. The number of rotatable bonds is 8. The highest BCUT2D eigenvalue weighted by atomic mass is 35.5. The standard InChI is InChI=1S/C26H27Cl2FN2O2/c1-32-25-13-19(22(27)15-26(25)33-17-18-5-7-20(29)8-6-18)16-30-21-9-10-24(23(28)14-21)31-11-3-2-4-12-31/h5-10,13-15,30H,2-4,11-12,16-17H2,1H3. The minimum Gasteiger partial charge on any atom is -0.493 e. The maximum Gasteiger partial charge on any atom is 0.163 e. The third kappa shape index (κ3) is 6.04. The van der Waals surface area contributed by atoms with E-state index in [-0.39, 0.29) is 12.4 Å². The van der Waals surface area contributed by atoms with E-state index in [4.69, 9.17) is 32.7 Å². The van der Waals surface area contributed by atoms with Crippen LogP contribution in [0.3, 0.4) is 0 Å². The highest BCUT2D eigenvalue weighted by Crippen LogP contribution is 2.35. The zero-order chi connectivity index (χ0) is 23.2. The molecular weight excluding hydrogens is 462 g/mol. The van der Waals surface area contributed by atoms with Crippen LogP contribution in [0.15, 0.2) is 54.6 Å². The van der Waals surface area contributed by atoms with Crippen molar-refractivity contribution in [1.29, 1.82) is 0 Å². The lowest BCUT2D eigenvalue weighted by Crippen LogP contribution is -2.29. The molecule has 33 heavy (non-hydrogen) atoms. The van der Waals surface area contributed by atoms with Gasteiger partial charge in [0.25, 0.3) is 0 Å². The molecule has 1 N–H and O–H groups in total. The topological polar surface area (TPSA) is 33.7 Å². The molecule has 1 heterocycles. The molecule has 0 amide bonds. The molecule has 0 atom stereocenters. The summed E-state index contributed by atoms with van der Waals surface area (Å²) in [5.74, 6) is 0.833. The van der Waals surface area contributed by atoms with Gasteiger partial charge in [-0.25, -0.2) is 4.39 Å². The van der Waals surface area contributed by atoms with Crippen molar-refractivity contribution in [3.8, 4) is 11.5 Å². The van der Waals surface area contributed by atoms with Crippen molar-refractivity contribution in [3.05, 3.63) is 81.6 Å².